The number of sulfonamides is 1. The molecule has 0 amide bonds. The fourth-order valence-electron chi connectivity index (χ4n) is 4.83. The molecule has 1 heterocycles. The Morgan fingerprint density at radius 2 is 1.49 bits per heavy atom. The lowest BCUT2D eigenvalue weighted by molar-refractivity contribution is 0.203. The number of benzene rings is 3. The first kappa shape index (κ1) is 27.3. The minimum absolute atomic E-state index is 0. The highest BCUT2D eigenvalue weighted by atomic mass is 35.5. The molecule has 0 spiro atoms. The fourth-order valence-corrected chi connectivity index (χ4v) is 6.07. The Hall–Kier alpha value is -2.25. The first-order valence-corrected chi connectivity index (χ1v) is 13.4. The van der Waals surface area contributed by atoms with Crippen LogP contribution in [0.5, 0.6) is 0 Å². The molecule has 4 rings (SSSR count). The third kappa shape index (κ3) is 7.14. The highest BCUT2D eigenvalue weighted by molar-refractivity contribution is 7.89. The Kier molecular flexibility index (Phi) is 9.87. The van der Waals surface area contributed by atoms with Crippen LogP contribution >= 0.6 is 12.4 Å². The molecule has 0 saturated carbocycles. The van der Waals surface area contributed by atoms with Crippen LogP contribution in [0.15, 0.2) is 89.8 Å². The molecule has 3 aromatic carbocycles. The molecular formula is C28H34ClFN2O2S. The van der Waals surface area contributed by atoms with Crippen LogP contribution in [0.2, 0.25) is 0 Å². The van der Waals surface area contributed by atoms with Crippen LogP contribution in [-0.2, 0) is 10.0 Å². The van der Waals surface area contributed by atoms with Crippen molar-refractivity contribution in [2.45, 2.75) is 36.0 Å². The van der Waals surface area contributed by atoms with Crippen LogP contribution in [0, 0.1) is 5.82 Å². The highest BCUT2D eigenvalue weighted by Crippen LogP contribution is 2.29. The fraction of sp³-hybridized carbons (Fsp3) is 0.357. The standard InChI is InChI=1S/C28H33FN2O2S.ClH/c1-30(34(32,33)28-10-6-3-7-11-28)22-26(24-12-14-27(29)15-13-24)18-21-31-19-16-25(17-20-31)23-8-4-2-5-9-23;/h2-15,25-26H,16-22H2,1H3;1H/t26-;/m1./s1. The number of hydrogen-bond acceptors (Lipinski definition) is 3. The topological polar surface area (TPSA) is 40.6 Å². The van der Waals surface area contributed by atoms with Crippen LogP contribution < -0.4 is 0 Å². The molecule has 0 aromatic heterocycles. The van der Waals surface area contributed by atoms with E-state index in [0.717, 1.165) is 44.5 Å². The Morgan fingerprint density at radius 3 is 2.09 bits per heavy atom. The van der Waals surface area contributed by atoms with E-state index >= 15 is 0 Å². The average molecular weight is 517 g/mol. The van der Waals surface area contributed by atoms with Crippen molar-refractivity contribution in [2.75, 3.05) is 33.2 Å². The largest absolute Gasteiger partial charge is 0.303 e. The van der Waals surface area contributed by atoms with E-state index in [1.165, 1.54) is 22.0 Å². The van der Waals surface area contributed by atoms with Crippen molar-refractivity contribution >= 4 is 22.4 Å². The zero-order chi connectivity index (χ0) is 24.0. The second kappa shape index (κ2) is 12.6. The summed E-state index contributed by atoms with van der Waals surface area (Å²) in [6, 6.07) is 25.7. The van der Waals surface area contributed by atoms with Gasteiger partial charge in [-0.3, -0.25) is 0 Å². The lowest BCUT2D eigenvalue weighted by Gasteiger charge is -2.33. The predicted octanol–water partition coefficient (Wildman–Crippen LogP) is 5.92. The van der Waals surface area contributed by atoms with Gasteiger partial charge in [-0.1, -0.05) is 60.7 Å². The molecule has 0 bridgehead atoms. The normalized spacial score (nSPS) is 16.1. The number of nitrogens with zero attached hydrogens (tertiary/aromatic N) is 2. The van der Waals surface area contributed by atoms with Crippen molar-refractivity contribution in [3.05, 3.63) is 102 Å². The van der Waals surface area contributed by atoms with E-state index in [1.54, 1.807) is 49.5 Å². The van der Waals surface area contributed by atoms with Gasteiger partial charge in [-0.15, -0.1) is 12.4 Å². The third-order valence-corrected chi connectivity index (χ3v) is 8.76. The summed E-state index contributed by atoms with van der Waals surface area (Å²) >= 11 is 0. The van der Waals surface area contributed by atoms with Gasteiger partial charge in [0, 0.05) is 13.6 Å². The molecule has 7 heteroatoms. The van der Waals surface area contributed by atoms with Gasteiger partial charge >= 0.3 is 0 Å². The number of rotatable bonds is 9. The van der Waals surface area contributed by atoms with Crippen LogP contribution in [0.3, 0.4) is 0 Å². The van der Waals surface area contributed by atoms with E-state index in [2.05, 4.69) is 35.2 Å². The van der Waals surface area contributed by atoms with Gasteiger partial charge in [0.1, 0.15) is 5.82 Å². The first-order valence-electron chi connectivity index (χ1n) is 12.0. The van der Waals surface area contributed by atoms with E-state index in [4.69, 9.17) is 0 Å². The molecule has 0 radical (unpaired) electrons. The SMILES string of the molecule is CN(C[C@@H](CCN1CCC(c2ccccc2)CC1)c1ccc(F)cc1)S(=O)(=O)c1ccccc1.Cl. The lowest BCUT2D eigenvalue weighted by atomic mass is 9.89. The average Bonchev–Trinajstić information content (AvgIpc) is 2.88. The van der Waals surface area contributed by atoms with Crippen LogP contribution in [-0.4, -0.2) is 50.8 Å². The summed E-state index contributed by atoms with van der Waals surface area (Å²) in [5.41, 5.74) is 2.38. The maximum atomic E-state index is 13.6. The van der Waals surface area contributed by atoms with Gasteiger partial charge in [0.2, 0.25) is 10.0 Å². The molecule has 0 aliphatic carbocycles. The summed E-state index contributed by atoms with van der Waals surface area (Å²) in [5, 5.41) is 0. The van der Waals surface area contributed by atoms with Crippen LogP contribution in [0.25, 0.3) is 0 Å². The van der Waals surface area contributed by atoms with Crippen molar-refractivity contribution in [2.24, 2.45) is 0 Å². The van der Waals surface area contributed by atoms with Gasteiger partial charge in [0.15, 0.2) is 0 Å². The maximum absolute atomic E-state index is 13.6. The second-order valence-corrected chi connectivity index (χ2v) is 11.2. The lowest BCUT2D eigenvalue weighted by Crippen LogP contribution is -2.36. The van der Waals surface area contributed by atoms with E-state index in [-0.39, 0.29) is 24.1 Å². The van der Waals surface area contributed by atoms with E-state index in [0.29, 0.717) is 17.4 Å². The van der Waals surface area contributed by atoms with Gasteiger partial charge in [0.25, 0.3) is 0 Å². The zero-order valence-corrected chi connectivity index (χ0v) is 21.7. The molecule has 1 atom stereocenters. The summed E-state index contributed by atoms with van der Waals surface area (Å²) in [5.74, 6) is 0.305. The summed E-state index contributed by atoms with van der Waals surface area (Å²) in [4.78, 5) is 2.76. The molecule has 35 heavy (non-hydrogen) atoms. The Labute approximate surface area is 215 Å². The van der Waals surface area contributed by atoms with Gasteiger partial charge < -0.3 is 4.90 Å². The quantitative estimate of drug-likeness (QED) is 0.354. The number of halogens is 2. The molecule has 3 aromatic rings. The van der Waals surface area contributed by atoms with Crippen molar-refractivity contribution in [1.29, 1.82) is 0 Å². The van der Waals surface area contributed by atoms with Crippen molar-refractivity contribution in [3.8, 4) is 0 Å². The second-order valence-electron chi connectivity index (χ2n) is 9.16. The summed E-state index contributed by atoms with van der Waals surface area (Å²) in [7, 11) is -1.96. The van der Waals surface area contributed by atoms with E-state index < -0.39 is 10.0 Å². The van der Waals surface area contributed by atoms with E-state index in [9.17, 15) is 12.8 Å². The molecule has 4 nitrogen and oxygen atoms in total. The van der Waals surface area contributed by atoms with Crippen molar-refractivity contribution < 1.29 is 12.8 Å². The molecule has 0 unspecified atom stereocenters. The Balaban J connectivity index is 0.00000342. The number of likely N-dealkylation sites (N-methyl/N-ethyl adjacent to an activating group) is 1. The summed E-state index contributed by atoms with van der Waals surface area (Å²) in [6.45, 7) is 3.31. The number of piperidine rings is 1. The molecule has 1 aliphatic rings. The minimum atomic E-state index is -3.59. The van der Waals surface area contributed by atoms with E-state index in [1.807, 2.05) is 0 Å². The maximum Gasteiger partial charge on any atom is 0.242 e. The van der Waals surface area contributed by atoms with Crippen molar-refractivity contribution in [3.63, 3.8) is 0 Å². The minimum Gasteiger partial charge on any atom is -0.303 e. The van der Waals surface area contributed by atoms with Gasteiger partial charge in [-0.25, -0.2) is 17.1 Å². The predicted molar refractivity (Wildman–Crippen MR) is 142 cm³/mol. The zero-order valence-electron chi connectivity index (χ0n) is 20.1. The molecular weight excluding hydrogens is 483 g/mol. The van der Waals surface area contributed by atoms with Gasteiger partial charge in [-0.05, 0) is 86.1 Å². The molecule has 1 saturated heterocycles. The Morgan fingerprint density at radius 1 is 0.914 bits per heavy atom. The van der Waals surface area contributed by atoms with Crippen LogP contribution in [0.1, 0.15) is 42.2 Å². The Bertz CT molecular complexity index is 1140. The summed E-state index contributed by atoms with van der Waals surface area (Å²) < 4.78 is 41.2. The van der Waals surface area contributed by atoms with Crippen LogP contribution in [0.4, 0.5) is 4.39 Å². The molecule has 188 valence electrons. The number of hydrogen-bond donors (Lipinski definition) is 0. The smallest absolute Gasteiger partial charge is 0.242 e. The summed E-state index contributed by atoms with van der Waals surface area (Å²) in [6.07, 6.45) is 3.08. The monoisotopic (exact) mass is 516 g/mol. The highest BCUT2D eigenvalue weighted by Gasteiger charge is 2.26. The molecule has 0 N–H and O–H groups in total. The third-order valence-electron chi connectivity index (χ3n) is 6.92. The molecule has 1 fully saturated rings. The van der Waals surface area contributed by atoms with Crippen molar-refractivity contribution in [1.82, 2.24) is 9.21 Å². The van der Waals surface area contributed by atoms with Gasteiger partial charge in [0.05, 0.1) is 4.90 Å². The number of likely N-dealkylation sites (tertiary alicyclic amines) is 1. The van der Waals surface area contributed by atoms with Gasteiger partial charge in [-0.2, -0.15) is 0 Å². The first-order chi connectivity index (χ1) is 16.4. The molecule has 1 aliphatic heterocycles.